The largest absolute Gasteiger partial charge is 0.397 e. The fourth-order valence-electron chi connectivity index (χ4n) is 3.46. The van der Waals surface area contributed by atoms with E-state index in [0.717, 1.165) is 24.8 Å². The lowest BCUT2D eigenvalue weighted by Crippen LogP contribution is -1.92. The molecule has 0 spiro atoms. The molecule has 0 amide bonds. The van der Waals surface area contributed by atoms with Gasteiger partial charge in [0.1, 0.15) is 5.69 Å². The van der Waals surface area contributed by atoms with Crippen LogP contribution in [0.3, 0.4) is 0 Å². The number of para-hydroxylation sites is 1. The molecule has 2 aromatic carbocycles. The minimum atomic E-state index is -0.398. The number of nitro benzene ring substituents is 1. The first kappa shape index (κ1) is 23.5. The van der Waals surface area contributed by atoms with Crippen molar-refractivity contribution in [3.63, 3.8) is 0 Å². The van der Waals surface area contributed by atoms with Crippen molar-refractivity contribution in [3.05, 3.63) is 58.1 Å². The highest BCUT2D eigenvalue weighted by atomic mass is 16.6. The van der Waals surface area contributed by atoms with E-state index in [1.54, 1.807) is 36.4 Å². The molecule has 2 aromatic rings. The third-order valence-electron chi connectivity index (χ3n) is 5.26. The van der Waals surface area contributed by atoms with E-state index in [1.807, 2.05) is 6.07 Å². The molecule has 0 radical (unpaired) electrons. The molecule has 2 rings (SSSR count). The van der Waals surface area contributed by atoms with Gasteiger partial charge >= 0.3 is 0 Å². The summed E-state index contributed by atoms with van der Waals surface area (Å²) in [4.78, 5) is 11.1. The second kappa shape index (κ2) is 13.5. The van der Waals surface area contributed by atoms with Crippen LogP contribution >= 0.6 is 0 Å². The Morgan fingerprint density at radius 1 is 0.833 bits per heavy atom. The molecule has 0 saturated heterocycles. The smallest absolute Gasteiger partial charge is 0.296 e. The molecular formula is C24H34N4O2. The number of nitrogen functional groups attached to an aromatic ring is 1. The Labute approximate surface area is 179 Å². The van der Waals surface area contributed by atoms with Crippen molar-refractivity contribution in [2.75, 3.05) is 5.73 Å². The number of aryl methyl sites for hydroxylation is 1. The van der Waals surface area contributed by atoms with Crippen LogP contribution in [0.1, 0.15) is 76.7 Å². The lowest BCUT2D eigenvalue weighted by molar-refractivity contribution is -0.384. The first-order valence-corrected chi connectivity index (χ1v) is 11.2. The Kier molecular flexibility index (Phi) is 10.6. The molecule has 0 aromatic heterocycles. The minimum absolute atomic E-state index is 0.0159. The molecule has 0 bridgehead atoms. The van der Waals surface area contributed by atoms with E-state index in [2.05, 4.69) is 17.2 Å². The van der Waals surface area contributed by atoms with E-state index in [-0.39, 0.29) is 11.4 Å². The number of nitro groups is 1. The zero-order valence-corrected chi connectivity index (χ0v) is 18.1. The molecule has 0 unspecified atom stereocenters. The number of anilines is 1. The highest BCUT2D eigenvalue weighted by Crippen LogP contribution is 2.31. The van der Waals surface area contributed by atoms with Gasteiger partial charge in [-0.2, -0.15) is 0 Å². The maximum absolute atomic E-state index is 11.5. The predicted octanol–water partition coefficient (Wildman–Crippen LogP) is 8.06. The number of nitrogens with two attached hydrogens (primary N) is 1. The van der Waals surface area contributed by atoms with Crippen LogP contribution in [0.2, 0.25) is 0 Å². The lowest BCUT2D eigenvalue weighted by Gasteiger charge is -2.04. The van der Waals surface area contributed by atoms with Crippen molar-refractivity contribution in [1.29, 1.82) is 0 Å². The second-order valence-corrected chi connectivity index (χ2v) is 7.77. The van der Waals surface area contributed by atoms with E-state index in [4.69, 9.17) is 5.73 Å². The third kappa shape index (κ3) is 8.31. The summed E-state index contributed by atoms with van der Waals surface area (Å²) in [5.74, 6) is 0. The molecule has 0 saturated carbocycles. The van der Waals surface area contributed by atoms with Gasteiger partial charge in [0.05, 0.1) is 10.6 Å². The van der Waals surface area contributed by atoms with Gasteiger partial charge in [-0.25, -0.2) is 0 Å². The standard InChI is InChI=1S/C24H34N4O2/c1-2-3-4-5-6-7-8-9-10-11-14-20-17-18-23(24(19-20)28(29)30)27-26-22-16-13-12-15-21(22)25/h12-13,15-19H,2-11,14,25H2,1H3. The van der Waals surface area contributed by atoms with Gasteiger partial charge in [0.15, 0.2) is 5.69 Å². The van der Waals surface area contributed by atoms with Crippen LogP contribution < -0.4 is 5.73 Å². The Hall–Kier alpha value is -2.76. The Morgan fingerprint density at radius 2 is 1.43 bits per heavy atom. The molecule has 6 nitrogen and oxygen atoms in total. The molecule has 0 aliphatic heterocycles. The number of hydrogen-bond acceptors (Lipinski definition) is 5. The molecule has 0 aliphatic rings. The SMILES string of the molecule is CCCCCCCCCCCCc1ccc(N=Nc2ccccc2N)c([N+](=O)[O-])c1. The van der Waals surface area contributed by atoms with Crippen molar-refractivity contribution in [2.24, 2.45) is 10.2 Å². The van der Waals surface area contributed by atoms with Gasteiger partial charge in [-0.05, 0) is 36.6 Å². The molecule has 6 heteroatoms. The van der Waals surface area contributed by atoms with E-state index in [0.29, 0.717) is 11.4 Å². The van der Waals surface area contributed by atoms with Gasteiger partial charge in [0.2, 0.25) is 0 Å². The summed E-state index contributed by atoms with van der Waals surface area (Å²) in [6.07, 6.45) is 13.6. The molecular weight excluding hydrogens is 376 g/mol. The molecule has 0 aliphatic carbocycles. The average Bonchev–Trinajstić information content (AvgIpc) is 2.75. The van der Waals surface area contributed by atoms with Crippen LogP contribution in [0.25, 0.3) is 0 Å². The summed E-state index contributed by atoms with van der Waals surface area (Å²) in [7, 11) is 0. The number of benzene rings is 2. The summed E-state index contributed by atoms with van der Waals surface area (Å²) in [6, 6.07) is 12.3. The van der Waals surface area contributed by atoms with Gasteiger partial charge in [0, 0.05) is 6.07 Å². The maximum atomic E-state index is 11.5. The minimum Gasteiger partial charge on any atom is -0.397 e. The van der Waals surface area contributed by atoms with Crippen LogP contribution in [0.4, 0.5) is 22.7 Å². The maximum Gasteiger partial charge on any atom is 0.296 e. The number of hydrogen-bond donors (Lipinski definition) is 1. The summed E-state index contributed by atoms with van der Waals surface area (Å²) >= 11 is 0. The highest BCUT2D eigenvalue weighted by Gasteiger charge is 2.14. The topological polar surface area (TPSA) is 93.9 Å². The Balaban J connectivity index is 1.81. The lowest BCUT2D eigenvalue weighted by atomic mass is 10.0. The van der Waals surface area contributed by atoms with Crippen molar-refractivity contribution >= 4 is 22.7 Å². The van der Waals surface area contributed by atoms with Crippen molar-refractivity contribution in [2.45, 2.75) is 77.6 Å². The second-order valence-electron chi connectivity index (χ2n) is 7.77. The number of azo groups is 1. The molecule has 0 heterocycles. The van der Waals surface area contributed by atoms with Crippen LogP contribution in [0.15, 0.2) is 52.7 Å². The first-order chi connectivity index (χ1) is 14.6. The fourth-order valence-corrected chi connectivity index (χ4v) is 3.46. The summed E-state index contributed by atoms with van der Waals surface area (Å²) in [6.45, 7) is 2.24. The van der Waals surface area contributed by atoms with Crippen molar-refractivity contribution in [3.8, 4) is 0 Å². The van der Waals surface area contributed by atoms with E-state index >= 15 is 0 Å². The summed E-state index contributed by atoms with van der Waals surface area (Å²) < 4.78 is 0. The van der Waals surface area contributed by atoms with Gasteiger partial charge in [-0.15, -0.1) is 10.2 Å². The predicted molar refractivity (Wildman–Crippen MR) is 124 cm³/mol. The molecule has 162 valence electrons. The molecule has 30 heavy (non-hydrogen) atoms. The quantitative estimate of drug-likeness (QED) is 0.112. The van der Waals surface area contributed by atoms with Gasteiger partial charge in [0.25, 0.3) is 5.69 Å². The average molecular weight is 411 g/mol. The number of rotatable bonds is 14. The molecule has 0 atom stereocenters. The number of unbranched alkanes of at least 4 members (excludes halogenated alkanes) is 9. The fraction of sp³-hybridized carbons (Fsp3) is 0.500. The molecule has 2 N–H and O–H groups in total. The first-order valence-electron chi connectivity index (χ1n) is 11.2. The number of nitrogens with zero attached hydrogens (tertiary/aromatic N) is 3. The van der Waals surface area contributed by atoms with E-state index in [9.17, 15) is 10.1 Å². The molecule has 0 fully saturated rings. The van der Waals surface area contributed by atoms with Crippen LogP contribution in [-0.2, 0) is 6.42 Å². The van der Waals surface area contributed by atoms with Crippen LogP contribution in [0.5, 0.6) is 0 Å². The van der Waals surface area contributed by atoms with Crippen LogP contribution in [0, 0.1) is 10.1 Å². The normalized spacial score (nSPS) is 11.2. The zero-order valence-electron chi connectivity index (χ0n) is 18.1. The monoisotopic (exact) mass is 410 g/mol. The van der Waals surface area contributed by atoms with E-state index in [1.165, 1.54) is 51.4 Å². The zero-order chi connectivity index (χ0) is 21.6. The highest BCUT2D eigenvalue weighted by molar-refractivity contribution is 5.63. The Bertz CT molecular complexity index is 821. The van der Waals surface area contributed by atoms with Gasteiger partial charge in [-0.3, -0.25) is 10.1 Å². The van der Waals surface area contributed by atoms with Crippen LogP contribution in [-0.4, -0.2) is 4.92 Å². The van der Waals surface area contributed by atoms with Crippen molar-refractivity contribution in [1.82, 2.24) is 0 Å². The Morgan fingerprint density at radius 3 is 2.07 bits per heavy atom. The summed E-state index contributed by atoms with van der Waals surface area (Å²) in [5.41, 5.74) is 8.03. The van der Waals surface area contributed by atoms with E-state index < -0.39 is 4.92 Å². The van der Waals surface area contributed by atoms with Gasteiger partial charge in [-0.1, -0.05) is 82.9 Å². The van der Waals surface area contributed by atoms with Gasteiger partial charge < -0.3 is 5.73 Å². The summed E-state index contributed by atoms with van der Waals surface area (Å²) in [5, 5.41) is 19.6. The third-order valence-corrected chi connectivity index (χ3v) is 5.26. The van der Waals surface area contributed by atoms with Crippen molar-refractivity contribution < 1.29 is 4.92 Å².